The molecule has 0 aliphatic carbocycles. The van der Waals surface area contributed by atoms with Crippen LogP contribution in [0.5, 0.6) is 17.2 Å². The molecule has 1 aromatic carbocycles. The number of unbranched alkanes of at least 4 members (excludes halogenated alkanes) is 2. The van der Waals surface area contributed by atoms with Crippen molar-refractivity contribution in [2.45, 2.75) is 31.0 Å². The lowest BCUT2D eigenvalue weighted by atomic mass is 10.2. The van der Waals surface area contributed by atoms with Crippen molar-refractivity contribution in [3.63, 3.8) is 0 Å². The number of hydrogen-bond acceptors (Lipinski definition) is 8. The number of methoxy groups -OCH3 is 3. The van der Waals surface area contributed by atoms with Crippen molar-refractivity contribution in [1.29, 1.82) is 0 Å². The largest absolute Gasteiger partial charge is 0.493 e. The molecule has 150 valence electrons. The third-order valence-corrected chi connectivity index (χ3v) is 5.04. The quantitative estimate of drug-likeness (QED) is 0.351. The summed E-state index contributed by atoms with van der Waals surface area (Å²) in [5.74, 6) is 2.96. The molecule has 8 nitrogen and oxygen atoms in total. The van der Waals surface area contributed by atoms with E-state index in [4.69, 9.17) is 18.6 Å². The molecule has 0 radical (unpaired) electrons. The summed E-state index contributed by atoms with van der Waals surface area (Å²) in [5, 5.41) is 13.0. The molecule has 0 unspecified atom stereocenters. The van der Waals surface area contributed by atoms with E-state index in [1.807, 2.05) is 16.9 Å². The van der Waals surface area contributed by atoms with Crippen molar-refractivity contribution in [2.75, 3.05) is 27.1 Å². The molecular formula is C19H24N4O4S. The average Bonchev–Trinajstić information content (AvgIpc) is 3.41. The van der Waals surface area contributed by atoms with Gasteiger partial charge in [-0.05, 0) is 31.0 Å². The number of thioether (sulfide) groups is 1. The minimum Gasteiger partial charge on any atom is -0.493 e. The molecule has 9 heteroatoms. The maximum absolute atomic E-state index is 5.78. The molecule has 3 aromatic rings. The van der Waals surface area contributed by atoms with Crippen LogP contribution in [0.4, 0.5) is 0 Å². The summed E-state index contributed by atoms with van der Waals surface area (Å²) >= 11 is 1.56. The second-order valence-electron chi connectivity index (χ2n) is 5.97. The van der Waals surface area contributed by atoms with Crippen LogP contribution in [-0.4, -0.2) is 47.1 Å². The van der Waals surface area contributed by atoms with E-state index in [2.05, 4.69) is 15.3 Å². The van der Waals surface area contributed by atoms with Crippen molar-refractivity contribution < 1.29 is 18.6 Å². The monoisotopic (exact) mass is 404 g/mol. The fourth-order valence-corrected chi connectivity index (χ4v) is 3.49. The predicted molar refractivity (Wildman–Crippen MR) is 106 cm³/mol. The Morgan fingerprint density at radius 1 is 1.00 bits per heavy atom. The van der Waals surface area contributed by atoms with E-state index in [0.29, 0.717) is 33.9 Å². The number of hydrogen-bond donors (Lipinski definition) is 0. The summed E-state index contributed by atoms with van der Waals surface area (Å²) in [6.07, 6.45) is 7.09. The van der Waals surface area contributed by atoms with Gasteiger partial charge in [-0.3, -0.25) is 4.68 Å². The second-order valence-corrected chi connectivity index (χ2v) is 7.01. The molecule has 0 saturated heterocycles. The van der Waals surface area contributed by atoms with E-state index >= 15 is 0 Å². The van der Waals surface area contributed by atoms with Gasteiger partial charge in [0.2, 0.25) is 11.6 Å². The topological polar surface area (TPSA) is 84.4 Å². The summed E-state index contributed by atoms with van der Waals surface area (Å²) in [6, 6.07) is 5.52. The summed E-state index contributed by atoms with van der Waals surface area (Å²) in [5.41, 5.74) is 0.716. The second kappa shape index (κ2) is 10.0. The normalized spacial score (nSPS) is 10.8. The minimum atomic E-state index is 0.417. The van der Waals surface area contributed by atoms with E-state index in [1.165, 1.54) is 0 Å². The molecule has 0 amide bonds. The number of nitrogens with zero attached hydrogens (tertiary/aromatic N) is 4. The van der Waals surface area contributed by atoms with Gasteiger partial charge in [0.05, 0.1) is 21.3 Å². The van der Waals surface area contributed by atoms with Crippen LogP contribution in [0, 0.1) is 0 Å². The minimum absolute atomic E-state index is 0.417. The maximum Gasteiger partial charge on any atom is 0.276 e. The first-order valence-electron chi connectivity index (χ1n) is 8.99. The first-order chi connectivity index (χ1) is 13.7. The first kappa shape index (κ1) is 20.1. The lowest BCUT2D eigenvalue weighted by molar-refractivity contribution is 0.324. The summed E-state index contributed by atoms with van der Waals surface area (Å²) in [7, 11) is 4.71. The van der Waals surface area contributed by atoms with Crippen LogP contribution in [-0.2, 0) is 6.54 Å². The number of benzene rings is 1. The molecule has 0 spiro atoms. The molecule has 28 heavy (non-hydrogen) atoms. The molecule has 0 aliphatic heterocycles. The Bertz CT molecular complexity index is 842. The van der Waals surface area contributed by atoms with E-state index in [9.17, 15) is 0 Å². The van der Waals surface area contributed by atoms with Gasteiger partial charge in [0, 0.05) is 30.3 Å². The third kappa shape index (κ3) is 4.98. The van der Waals surface area contributed by atoms with Crippen LogP contribution in [0.3, 0.4) is 0 Å². The van der Waals surface area contributed by atoms with Gasteiger partial charge >= 0.3 is 0 Å². The molecule has 2 aromatic heterocycles. The van der Waals surface area contributed by atoms with E-state index in [0.717, 1.165) is 31.6 Å². The molecule has 0 atom stereocenters. The van der Waals surface area contributed by atoms with Crippen LogP contribution in [0.2, 0.25) is 0 Å². The van der Waals surface area contributed by atoms with Gasteiger partial charge in [0.15, 0.2) is 11.5 Å². The highest BCUT2D eigenvalue weighted by molar-refractivity contribution is 7.99. The maximum atomic E-state index is 5.78. The Labute approximate surface area is 168 Å². The number of ether oxygens (including phenoxy) is 3. The Balaban J connectivity index is 1.53. The number of rotatable bonds is 11. The summed E-state index contributed by atoms with van der Waals surface area (Å²) in [6.45, 7) is 0.948. The van der Waals surface area contributed by atoms with Gasteiger partial charge in [-0.2, -0.15) is 5.10 Å². The Morgan fingerprint density at radius 3 is 2.43 bits per heavy atom. The smallest absolute Gasteiger partial charge is 0.276 e. The molecule has 0 aliphatic rings. The standard InChI is InChI=1S/C19H24N4O4S/c1-24-15-12-14(13-16(25-2)17(15)26-3)18-21-22-19(27-18)28-11-6-4-5-9-23-10-7-8-20-23/h7-8,10,12-13H,4-6,9,11H2,1-3H3. The zero-order chi connectivity index (χ0) is 19.8. The lowest BCUT2D eigenvalue weighted by Crippen LogP contribution is -1.98. The van der Waals surface area contributed by atoms with Gasteiger partial charge in [-0.25, -0.2) is 0 Å². The van der Waals surface area contributed by atoms with Crippen molar-refractivity contribution >= 4 is 11.8 Å². The van der Waals surface area contributed by atoms with E-state index in [1.54, 1.807) is 51.4 Å². The number of aromatic nitrogens is 4. The average molecular weight is 404 g/mol. The Kier molecular flexibility index (Phi) is 7.18. The first-order valence-corrected chi connectivity index (χ1v) is 9.97. The van der Waals surface area contributed by atoms with Crippen LogP contribution in [0.1, 0.15) is 19.3 Å². The van der Waals surface area contributed by atoms with E-state index in [-0.39, 0.29) is 0 Å². The van der Waals surface area contributed by atoms with Crippen LogP contribution >= 0.6 is 11.8 Å². The highest BCUT2D eigenvalue weighted by atomic mass is 32.2. The molecule has 0 saturated carbocycles. The molecule has 0 bridgehead atoms. The molecule has 0 fully saturated rings. The highest BCUT2D eigenvalue weighted by Gasteiger charge is 2.17. The summed E-state index contributed by atoms with van der Waals surface area (Å²) in [4.78, 5) is 0. The van der Waals surface area contributed by atoms with Crippen molar-refractivity contribution in [3.8, 4) is 28.7 Å². The van der Waals surface area contributed by atoms with Crippen molar-refractivity contribution in [3.05, 3.63) is 30.6 Å². The fourth-order valence-electron chi connectivity index (χ4n) is 2.73. The van der Waals surface area contributed by atoms with Crippen molar-refractivity contribution in [1.82, 2.24) is 20.0 Å². The Morgan fingerprint density at radius 2 is 1.79 bits per heavy atom. The van der Waals surface area contributed by atoms with Gasteiger partial charge in [0.1, 0.15) is 0 Å². The zero-order valence-corrected chi connectivity index (χ0v) is 17.1. The van der Waals surface area contributed by atoms with E-state index < -0.39 is 0 Å². The third-order valence-electron chi connectivity index (χ3n) is 4.13. The summed E-state index contributed by atoms with van der Waals surface area (Å²) < 4.78 is 23.8. The van der Waals surface area contributed by atoms with Crippen molar-refractivity contribution in [2.24, 2.45) is 0 Å². The Hall–Kier alpha value is -2.68. The zero-order valence-electron chi connectivity index (χ0n) is 16.3. The van der Waals surface area contributed by atoms with Gasteiger partial charge in [0.25, 0.3) is 5.22 Å². The predicted octanol–water partition coefficient (Wildman–Crippen LogP) is 3.92. The number of aryl methyl sites for hydroxylation is 1. The highest BCUT2D eigenvalue weighted by Crippen LogP contribution is 2.41. The molecule has 0 N–H and O–H groups in total. The molecule has 3 rings (SSSR count). The van der Waals surface area contributed by atoms with Crippen LogP contribution < -0.4 is 14.2 Å². The van der Waals surface area contributed by atoms with Gasteiger partial charge < -0.3 is 18.6 Å². The molecular weight excluding hydrogens is 380 g/mol. The van der Waals surface area contributed by atoms with Crippen LogP contribution in [0.15, 0.2) is 40.2 Å². The van der Waals surface area contributed by atoms with Gasteiger partial charge in [-0.15, -0.1) is 10.2 Å². The van der Waals surface area contributed by atoms with Crippen LogP contribution in [0.25, 0.3) is 11.5 Å². The SMILES string of the molecule is COc1cc(-c2nnc(SCCCCCn3cccn3)o2)cc(OC)c1OC. The molecule has 2 heterocycles. The van der Waals surface area contributed by atoms with Gasteiger partial charge in [-0.1, -0.05) is 18.2 Å². The lowest BCUT2D eigenvalue weighted by Gasteiger charge is -2.12. The fraction of sp³-hybridized carbons (Fsp3) is 0.421.